The summed E-state index contributed by atoms with van der Waals surface area (Å²) in [5.41, 5.74) is 1.63. The van der Waals surface area contributed by atoms with Gasteiger partial charge in [-0.25, -0.2) is 4.98 Å². The number of aromatic nitrogens is 1. The lowest BCUT2D eigenvalue weighted by molar-refractivity contribution is -0.119. The molecule has 1 aromatic heterocycles. The number of thiazole rings is 1. The second-order valence-corrected chi connectivity index (χ2v) is 7.48. The molecule has 1 heterocycles. The molecule has 0 aliphatic heterocycles. The van der Waals surface area contributed by atoms with Crippen molar-refractivity contribution in [3.8, 4) is 23.0 Å². The largest absolute Gasteiger partial charge is 0.494 e. The number of anilines is 1. The van der Waals surface area contributed by atoms with E-state index >= 15 is 0 Å². The fraction of sp³-hybridized carbons (Fsp3) is 0.333. The fourth-order valence-corrected chi connectivity index (χ4v) is 3.96. The Morgan fingerprint density at radius 1 is 1.03 bits per heavy atom. The Kier molecular flexibility index (Phi) is 6.83. The molecule has 1 amide bonds. The van der Waals surface area contributed by atoms with Crippen LogP contribution in [0.4, 0.5) is 5.13 Å². The van der Waals surface area contributed by atoms with Gasteiger partial charge in [-0.3, -0.25) is 4.79 Å². The highest BCUT2D eigenvalue weighted by Gasteiger charge is 2.16. The van der Waals surface area contributed by atoms with Crippen LogP contribution in [-0.4, -0.2) is 52.9 Å². The van der Waals surface area contributed by atoms with E-state index in [9.17, 15) is 4.79 Å². The Labute approximate surface area is 179 Å². The average molecular weight is 432 g/mol. The first kappa shape index (κ1) is 21.5. The quantitative estimate of drug-likeness (QED) is 0.557. The topological polar surface area (TPSA) is 82.2 Å². The van der Waals surface area contributed by atoms with E-state index in [0.29, 0.717) is 23.8 Å². The first-order valence-corrected chi connectivity index (χ1v) is 10.0. The Morgan fingerprint density at radius 2 is 1.70 bits per heavy atom. The van der Waals surface area contributed by atoms with Crippen molar-refractivity contribution in [1.29, 1.82) is 0 Å². The summed E-state index contributed by atoms with van der Waals surface area (Å²) in [5.74, 6) is 2.19. The molecule has 0 spiro atoms. The second kappa shape index (κ2) is 9.53. The number of carbonyl (C=O) groups excluding carboxylic acids is 1. The smallest absolute Gasteiger partial charge is 0.239 e. The third kappa shape index (κ3) is 4.51. The molecule has 30 heavy (non-hydrogen) atoms. The number of likely N-dealkylation sites (N-methyl/N-ethyl adjacent to an activating group) is 1. The number of rotatable bonds is 9. The number of nitrogens with one attached hydrogen (secondary N) is 1. The highest BCUT2D eigenvalue weighted by Crippen LogP contribution is 2.38. The predicted octanol–water partition coefficient (Wildman–Crippen LogP) is 3.08. The van der Waals surface area contributed by atoms with Crippen molar-refractivity contribution in [2.24, 2.45) is 0 Å². The lowest BCUT2D eigenvalue weighted by atomic mass is 10.1. The molecule has 8 nitrogen and oxygen atoms in total. The van der Waals surface area contributed by atoms with E-state index in [0.717, 1.165) is 26.7 Å². The molecular weight excluding hydrogens is 406 g/mol. The zero-order chi connectivity index (χ0) is 21.7. The molecule has 2 aromatic carbocycles. The number of hydrogen-bond acceptors (Lipinski definition) is 8. The molecule has 0 saturated carbocycles. The number of ether oxygens (including phenoxy) is 4. The van der Waals surface area contributed by atoms with Crippen molar-refractivity contribution in [3.63, 3.8) is 0 Å². The van der Waals surface area contributed by atoms with Gasteiger partial charge in [-0.1, -0.05) is 17.4 Å². The zero-order valence-corrected chi connectivity index (χ0v) is 18.5. The van der Waals surface area contributed by atoms with Gasteiger partial charge >= 0.3 is 0 Å². The molecule has 0 aliphatic rings. The Balaban J connectivity index is 1.66. The third-order valence-electron chi connectivity index (χ3n) is 4.51. The first-order valence-electron chi connectivity index (χ1n) is 9.21. The highest BCUT2D eigenvalue weighted by atomic mass is 32.1. The van der Waals surface area contributed by atoms with Gasteiger partial charge in [0.05, 0.1) is 39.7 Å². The van der Waals surface area contributed by atoms with Gasteiger partial charge in [-0.05, 0) is 29.8 Å². The molecule has 0 aliphatic carbocycles. The van der Waals surface area contributed by atoms with E-state index in [4.69, 9.17) is 18.9 Å². The average Bonchev–Trinajstić information content (AvgIpc) is 3.21. The molecule has 0 unspecified atom stereocenters. The summed E-state index contributed by atoms with van der Waals surface area (Å²) < 4.78 is 22.4. The minimum atomic E-state index is -0.127. The summed E-state index contributed by atoms with van der Waals surface area (Å²) >= 11 is 1.51. The van der Waals surface area contributed by atoms with E-state index in [1.165, 1.54) is 11.3 Å². The lowest BCUT2D eigenvalue weighted by Gasteiger charge is -2.16. The molecule has 1 N–H and O–H groups in total. The van der Waals surface area contributed by atoms with Gasteiger partial charge < -0.3 is 29.2 Å². The number of nitrogens with zero attached hydrogens (tertiary/aromatic N) is 2. The Bertz CT molecular complexity index is 1010. The molecule has 3 rings (SSSR count). The monoisotopic (exact) mass is 431 g/mol. The summed E-state index contributed by atoms with van der Waals surface area (Å²) in [6.45, 7) is 0.504. The molecular formula is C21H25N3O5S. The van der Waals surface area contributed by atoms with Crippen LogP contribution in [0.25, 0.3) is 10.2 Å². The van der Waals surface area contributed by atoms with Crippen LogP contribution in [0.15, 0.2) is 30.3 Å². The summed E-state index contributed by atoms with van der Waals surface area (Å²) in [7, 11) is 8.12. The number of benzene rings is 2. The number of para-hydroxylation sites is 1. The Morgan fingerprint density at radius 3 is 2.30 bits per heavy atom. The number of methoxy groups -OCH3 is 4. The number of fused-ring (bicyclic) bond motifs is 1. The molecule has 0 saturated heterocycles. The van der Waals surface area contributed by atoms with Gasteiger partial charge in [0.2, 0.25) is 11.7 Å². The van der Waals surface area contributed by atoms with Crippen LogP contribution in [0.2, 0.25) is 0 Å². The molecule has 9 heteroatoms. The van der Waals surface area contributed by atoms with Crippen LogP contribution in [0.1, 0.15) is 5.56 Å². The lowest BCUT2D eigenvalue weighted by Crippen LogP contribution is -2.34. The van der Waals surface area contributed by atoms with Gasteiger partial charge in [-0.2, -0.15) is 0 Å². The van der Waals surface area contributed by atoms with Crippen LogP contribution >= 0.6 is 11.3 Å². The maximum absolute atomic E-state index is 12.5. The third-order valence-corrected chi connectivity index (χ3v) is 5.65. The summed E-state index contributed by atoms with van der Waals surface area (Å²) in [4.78, 5) is 18.9. The van der Waals surface area contributed by atoms with Crippen LogP contribution in [-0.2, 0) is 11.3 Å². The molecule has 0 atom stereocenters. The fourth-order valence-electron chi connectivity index (χ4n) is 3.02. The van der Waals surface area contributed by atoms with Crippen LogP contribution in [0.3, 0.4) is 0 Å². The van der Waals surface area contributed by atoms with Gasteiger partial charge in [0.15, 0.2) is 16.6 Å². The zero-order valence-electron chi connectivity index (χ0n) is 17.6. The second-order valence-electron chi connectivity index (χ2n) is 6.47. The van der Waals surface area contributed by atoms with Crippen LogP contribution in [0, 0.1) is 0 Å². The van der Waals surface area contributed by atoms with Crippen molar-refractivity contribution in [3.05, 3.63) is 35.9 Å². The molecule has 0 bridgehead atoms. The maximum Gasteiger partial charge on any atom is 0.239 e. The van der Waals surface area contributed by atoms with Crippen LogP contribution < -0.4 is 29.2 Å². The molecule has 160 valence electrons. The minimum absolute atomic E-state index is 0.127. The molecule has 3 aromatic rings. The van der Waals surface area contributed by atoms with Crippen molar-refractivity contribution in [2.45, 2.75) is 6.54 Å². The molecule has 0 fully saturated rings. The Hall–Kier alpha value is -3.20. The van der Waals surface area contributed by atoms with Crippen molar-refractivity contribution >= 4 is 32.6 Å². The van der Waals surface area contributed by atoms with Crippen LogP contribution in [0.5, 0.6) is 23.0 Å². The maximum atomic E-state index is 12.5. The van der Waals surface area contributed by atoms with Crippen molar-refractivity contribution < 1.29 is 23.7 Å². The highest BCUT2D eigenvalue weighted by molar-refractivity contribution is 7.22. The number of carbonyl (C=O) groups is 1. The number of amides is 1. The summed E-state index contributed by atoms with van der Waals surface area (Å²) in [6.07, 6.45) is 0. The molecule has 0 radical (unpaired) electrons. The standard InChI is InChI=1S/C21H25N3O5S/c1-24(21-23-19-14(26-2)7-6-8-17(19)30-21)12-18(25)22-11-13-9-15(27-3)20(29-5)16(10-13)28-4/h6-10H,11-12H2,1-5H3,(H,22,25). The van der Waals surface area contributed by atoms with E-state index in [1.807, 2.05) is 42.3 Å². The van der Waals surface area contributed by atoms with Gasteiger partial charge in [0.25, 0.3) is 0 Å². The van der Waals surface area contributed by atoms with Gasteiger partial charge in [0.1, 0.15) is 11.3 Å². The van der Waals surface area contributed by atoms with E-state index in [2.05, 4.69) is 10.3 Å². The van der Waals surface area contributed by atoms with E-state index in [1.54, 1.807) is 28.4 Å². The minimum Gasteiger partial charge on any atom is -0.494 e. The van der Waals surface area contributed by atoms with Crippen molar-refractivity contribution in [2.75, 3.05) is 46.9 Å². The summed E-state index contributed by atoms with van der Waals surface area (Å²) in [5, 5.41) is 3.66. The summed E-state index contributed by atoms with van der Waals surface area (Å²) in [6, 6.07) is 9.40. The van der Waals surface area contributed by atoms with Gasteiger partial charge in [-0.15, -0.1) is 0 Å². The SMILES string of the molecule is COc1cc(CNC(=O)CN(C)c2nc3c(OC)cccc3s2)cc(OC)c1OC. The predicted molar refractivity (Wildman–Crippen MR) is 117 cm³/mol. The van der Waals surface area contributed by atoms with E-state index < -0.39 is 0 Å². The van der Waals surface area contributed by atoms with Crippen molar-refractivity contribution in [1.82, 2.24) is 10.3 Å². The van der Waals surface area contributed by atoms with E-state index in [-0.39, 0.29) is 12.5 Å². The normalized spacial score (nSPS) is 10.6. The van der Waals surface area contributed by atoms with Gasteiger partial charge in [0, 0.05) is 13.6 Å². The first-order chi connectivity index (χ1) is 14.5. The number of hydrogen-bond donors (Lipinski definition) is 1.